The van der Waals surface area contributed by atoms with E-state index in [1.54, 1.807) is 42.3 Å². The van der Waals surface area contributed by atoms with Crippen molar-refractivity contribution in [1.29, 1.82) is 0 Å². The predicted molar refractivity (Wildman–Crippen MR) is 93.2 cm³/mol. The third-order valence-electron chi connectivity index (χ3n) is 3.31. The van der Waals surface area contributed by atoms with Crippen LogP contribution in [0.25, 0.3) is 0 Å². The number of urea groups is 1. The molecule has 0 atom stereocenters. The minimum atomic E-state index is -0.312. The van der Waals surface area contributed by atoms with Gasteiger partial charge in [-0.1, -0.05) is 35.3 Å². The highest BCUT2D eigenvalue weighted by Crippen LogP contribution is 2.26. The number of halogens is 3. The summed E-state index contributed by atoms with van der Waals surface area (Å²) in [7, 11) is 1.56. The lowest BCUT2D eigenvalue weighted by atomic mass is 10.2. The molecular formula is C17H17Cl2FN2O2. The minimum Gasteiger partial charge on any atom is -0.492 e. The number of hydrogen-bond acceptors (Lipinski definition) is 2. The summed E-state index contributed by atoms with van der Waals surface area (Å²) in [4.78, 5) is 13.5. The van der Waals surface area contributed by atoms with E-state index in [4.69, 9.17) is 27.9 Å². The van der Waals surface area contributed by atoms with Gasteiger partial charge in [0.2, 0.25) is 0 Å². The summed E-state index contributed by atoms with van der Waals surface area (Å²) in [6.45, 7) is 0.995. The molecule has 4 nitrogen and oxygen atoms in total. The van der Waals surface area contributed by atoms with Gasteiger partial charge in [-0.3, -0.25) is 0 Å². The Kier molecular flexibility index (Phi) is 6.70. The van der Waals surface area contributed by atoms with Crippen LogP contribution in [0.5, 0.6) is 5.75 Å². The van der Waals surface area contributed by atoms with Crippen LogP contribution in [0.4, 0.5) is 9.18 Å². The second-order valence-electron chi connectivity index (χ2n) is 5.03. The minimum absolute atomic E-state index is 0.239. The van der Waals surface area contributed by atoms with Crippen LogP contribution < -0.4 is 10.1 Å². The summed E-state index contributed by atoms with van der Waals surface area (Å²) in [5.41, 5.74) is 0.828. The van der Waals surface area contributed by atoms with Crippen molar-refractivity contribution in [3.63, 3.8) is 0 Å². The van der Waals surface area contributed by atoms with E-state index in [1.165, 1.54) is 12.1 Å². The molecule has 7 heteroatoms. The number of ether oxygens (including phenoxy) is 1. The van der Waals surface area contributed by atoms with Gasteiger partial charge in [-0.05, 0) is 29.8 Å². The molecule has 0 saturated heterocycles. The van der Waals surface area contributed by atoms with Crippen LogP contribution in [-0.4, -0.2) is 31.1 Å². The first-order valence-electron chi connectivity index (χ1n) is 7.28. The lowest BCUT2D eigenvalue weighted by Gasteiger charge is -2.22. The van der Waals surface area contributed by atoms with Gasteiger partial charge in [-0.15, -0.1) is 0 Å². The summed E-state index contributed by atoms with van der Waals surface area (Å²) in [6, 6.07) is 10.8. The molecule has 0 fully saturated rings. The van der Waals surface area contributed by atoms with Crippen molar-refractivity contribution in [3.05, 3.63) is 63.9 Å². The van der Waals surface area contributed by atoms with Crippen LogP contribution in [0.1, 0.15) is 5.56 Å². The van der Waals surface area contributed by atoms with Crippen molar-refractivity contribution < 1.29 is 13.9 Å². The number of benzene rings is 2. The van der Waals surface area contributed by atoms with E-state index >= 15 is 0 Å². The van der Waals surface area contributed by atoms with E-state index in [9.17, 15) is 9.18 Å². The summed E-state index contributed by atoms with van der Waals surface area (Å²) in [5.74, 6) is 0.260. The van der Waals surface area contributed by atoms with Crippen molar-refractivity contribution in [2.75, 3.05) is 20.2 Å². The number of carbonyl (C=O) groups excluding carboxylic acids is 1. The third kappa shape index (κ3) is 5.28. The van der Waals surface area contributed by atoms with Crippen molar-refractivity contribution in [2.45, 2.75) is 6.54 Å². The molecule has 0 spiro atoms. The molecule has 2 aromatic rings. The number of amides is 2. The fraction of sp³-hybridized carbons (Fsp3) is 0.235. The Hall–Kier alpha value is -1.98. The van der Waals surface area contributed by atoms with Gasteiger partial charge in [-0.25, -0.2) is 9.18 Å². The van der Waals surface area contributed by atoms with Gasteiger partial charge >= 0.3 is 6.03 Å². The average molecular weight is 371 g/mol. The van der Waals surface area contributed by atoms with E-state index in [-0.39, 0.29) is 18.5 Å². The van der Waals surface area contributed by atoms with Gasteiger partial charge in [0.1, 0.15) is 18.2 Å². The quantitative estimate of drug-likeness (QED) is 0.820. The molecule has 1 N–H and O–H groups in total. The Bertz CT molecular complexity index is 695. The Morgan fingerprint density at radius 1 is 1.17 bits per heavy atom. The molecule has 24 heavy (non-hydrogen) atoms. The highest BCUT2D eigenvalue weighted by molar-refractivity contribution is 6.42. The molecule has 128 valence electrons. The standard InChI is InChI=1S/C17H17Cl2FN2O2/c1-21-17(23)22(11-12-2-4-13(20)5-3-12)8-9-24-14-6-7-15(18)16(19)10-14/h2-7,10H,8-9,11H2,1H3,(H,21,23). The molecule has 0 aromatic heterocycles. The van der Waals surface area contributed by atoms with Crippen LogP contribution >= 0.6 is 23.2 Å². The van der Waals surface area contributed by atoms with Gasteiger partial charge < -0.3 is 15.0 Å². The van der Waals surface area contributed by atoms with Crippen LogP contribution in [-0.2, 0) is 6.54 Å². The summed E-state index contributed by atoms with van der Waals surface area (Å²) < 4.78 is 18.6. The highest BCUT2D eigenvalue weighted by atomic mass is 35.5. The molecule has 2 amide bonds. The molecule has 0 radical (unpaired) electrons. The topological polar surface area (TPSA) is 41.6 Å². The zero-order valence-corrected chi connectivity index (χ0v) is 14.6. The maximum atomic E-state index is 13.0. The number of hydrogen-bond donors (Lipinski definition) is 1. The number of carbonyl (C=O) groups is 1. The molecule has 0 unspecified atom stereocenters. The van der Waals surface area contributed by atoms with Crippen LogP contribution in [0, 0.1) is 5.82 Å². The Labute approximate surface area is 150 Å². The van der Waals surface area contributed by atoms with Gasteiger partial charge in [0.25, 0.3) is 0 Å². The average Bonchev–Trinajstić information content (AvgIpc) is 2.58. The van der Waals surface area contributed by atoms with Gasteiger partial charge in [0.05, 0.1) is 16.6 Å². The smallest absolute Gasteiger partial charge is 0.317 e. The first-order valence-corrected chi connectivity index (χ1v) is 8.04. The SMILES string of the molecule is CNC(=O)N(CCOc1ccc(Cl)c(Cl)c1)Cc1ccc(F)cc1. The van der Waals surface area contributed by atoms with Crippen LogP contribution in [0.15, 0.2) is 42.5 Å². The van der Waals surface area contributed by atoms with Crippen LogP contribution in [0.2, 0.25) is 10.0 Å². The van der Waals surface area contributed by atoms with E-state index in [2.05, 4.69) is 5.32 Å². The second-order valence-corrected chi connectivity index (χ2v) is 5.84. The highest BCUT2D eigenvalue weighted by Gasteiger charge is 2.13. The molecule has 0 bridgehead atoms. The van der Waals surface area contributed by atoms with Gasteiger partial charge in [0, 0.05) is 19.7 Å². The normalized spacial score (nSPS) is 10.3. The summed E-state index contributed by atoms with van der Waals surface area (Å²) in [5, 5.41) is 3.44. The Morgan fingerprint density at radius 3 is 2.50 bits per heavy atom. The van der Waals surface area contributed by atoms with Gasteiger partial charge in [0.15, 0.2) is 0 Å². The number of rotatable bonds is 6. The molecule has 0 aliphatic carbocycles. The molecule has 0 aliphatic rings. The van der Waals surface area contributed by atoms with Gasteiger partial charge in [-0.2, -0.15) is 0 Å². The van der Waals surface area contributed by atoms with Crippen molar-refractivity contribution >= 4 is 29.2 Å². The maximum absolute atomic E-state index is 13.0. The summed E-state index contributed by atoms with van der Waals surface area (Å²) in [6.07, 6.45) is 0. The summed E-state index contributed by atoms with van der Waals surface area (Å²) >= 11 is 11.8. The largest absolute Gasteiger partial charge is 0.492 e. The zero-order chi connectivity index (χ0) is 17.5. The Balaban J connectivity index is 1.94. The predicted octanol–water partition coefficient (Wildman–Crippen LogP) is 4.35. The van der Waals surface area contributed by atoms with Crippen molar-refractivity contribution in [2.24, 2.45) is 0 Å². The van der Waals surface area contributed by atoms with Crippen LogP contribution in [0.3, 0.4) is 0 Å². The zero-order valence-electron chi connectivity index (χ0n) is 13.1. The van der Waals surface area contributed by atoms with Crippen molar-refractivity contribution in [1.82, 2.24) is 10.2 Å². The fourth-order valence-electron chi connectivity index (χ4n) is 2.06. The monoisotopic (exact) mass is 370 g/mol. The van der Waals surface area contributed by atoms with Crippen molar-refractivity contribution in [3.8, 4) is 5.75 Å². The van der Waals surface area contributed by atoms with E-state index in [1.807, 2.05) is 0 Å². The first-order chi connectivity index (χ1) is 11.5. The van der Waals surface area contributed by atoms with E-state index in [0.717, 1.165) is 5.56 Å². The van der Waals surface area contributed by atoms with E-state index < -0.39 is 0 Å². The second kappa shape index (κ2) is 8.76. The lowest BCUT2D eigenvalue weighted by molar-refractivity contribution is 0.181. The molecular weight excluding hydrogens is 354 g/mol. The molecule has 0 saturated carbocycles. The maximum Gasteiger partial charge on any atom is 0.317 e. The molecule has 0 aliphatic heterocycles. The lowest BCUT2D eigenvalue weighted by Crippen LogP contribution is -2.40. The third-order valence-corrected chi connectivity index (χ3v) is 4.05. The molecule has 2 aromatic carbocycles. The molecule has 2 rings (SSSR count). The fourth-order valence-corrected chi connectivity index (χ4v) is 2.35. The van der Waals surface area contributed by atoms with E-state index in [0.29, 0.717) is 28.9 Å². The number of nitrogens with zero attached hydrogens (tertiary/aromatic N) is 1. The number of nitrogens with one attached hydrogen (secondary N) is 1. The molecule has 0 heterocycles. The first kappa shape index (κ1) is 18.4. The Morgan fingerprint density at radius 2 is 1.88 bits per heavy atom.